The summed E-state index contributed by atoms with van der Waals surface area (Å²) in [4.78, 5) is 23.6. The minimum Gasteiger partial charge on any atom is -0.342 e. The topological polar surface area (TPSA) is 46.1 Å². The van der Waals surface area contributed by atoms with Crippen LogP contribution in [0.1, 0.15) is 24.7 Å². The Hall–Kier alpha value is -1.92. The molecule has 0 aliphatic heterocycles. The molecule has 124 valence electrons. The normalized spacial score (nSPS) is 12.2. The third-order valence-electron chi connectivity index (χ3n) is 3.84. The van der Waals surface area contributed by atoms with Crippen molar-refractivity contribution in [3.05, 3.63) is 53.7 Å². The Balaban J connectivity index is 1.99. The van der Waals surface area contributed by atoms with Crippen molar-refractivity contribution in [2.24, 2.45) is 0 Å². The predicted molar refractivity (Wildman–Crippen MR) is 100 cm³/mol. The third-order valence-corrected chi connectivity index (χ3v) is 6.12. The molecule has 0 fully saturated rings. The van der Waals surface area contributed by atoms with Gasteiger partial charge in [0.2, 0.25) is 5.91 Å². The van der Waals surface area contributed by atoms with Gasteiger partial charge in [-0.3, -0.25) is 4.79 Å². The molecule has 0 aliphatic carbocycles. The van der Waals surface area contributed by atoms with Gasteiger partial charge in [0.25, 0.3) is 0 Å². The fourth-order valence-electron chi connectivity index (χ4n) is 2.55. The van der Waals surface area contributed by atoms with Gasteiger partial charge in [-0.1, -0.05) is 42.1 Å². The molecule has 2 aromatic heterocycles. The summed E-state index contributed by atoms with van der Waals surface area (Å²) < 4.78 is 1.04. The van der Waals surface area contributed by atoms with Crippen molar-refractivity contribution in [1.82, 2.24) is 14.9 Å². The van der Waals surface area contributed by atoms with Gasteiger partial charge in [0.05, 0.1) is 10.2 Å². The Labute approximate surface area is 149 Å². The van der Waals surface area contributed by atoms with Crippen molar-refractivity contribution in [3.8, 4) is 0 Å². The molecule has 2 heterocycles. The summed E-state index contributed by atoms with van der Waals surface area (Å²) in [6.45, 7) is 5.43. The van der Waals surface area contributed by atoms with Gasteiger partial charge in [0.1, 0.15) is 16.6 Å². The first-order valence-corrected chi connectivity index (χ1v) is 9.69. The minimum absolute atomic E-state index is 0.125. The van der Waals surface area contributed by atoms with Crippen LogP contribution in [0.4, 0.5) is 0 Å². The number of aromatic nitrogens is 2. The second-order valence-electron chi connectivity index (χ2n) is 5.23. The van der Waals surface area contributed by atoms with Gasteiger partial charge in [0, 0.05) is 13.1 Å². The first kappa shape index (κ1) is 16.9. The highest BCUT2D eigenvalue weighted by atomic mass is 32.2. The Morgan fingerprint density at radius 2 is 1.92 bits per heavy atom. The molecule has 0 bridgehead atoms. The van der Waals surface area contributed by atoms with Crippen molar-refractivity contribution in [2.45, 2.75) is 24.1 Å². The van der Waals surface area contributed by atoms with E-state index in [0.717, 1.165) is 20.8 Å². The van der Waals surface area contributed by atoms with E-state index in [1.54, 1.807) is 17.7 Å². The number of carbonyl (C=O) groups excluding carboxylic acids is 1. The van der Waals surface area contributed by atoms with Gasteiger partial charge in [-0.15, -0.1) is 11.3 Å². The number of nitrogens with zero attached hydrogens (tertiary/aromatic N) is 3. The van der Waals surface area contributed by atoms with Crippen LogP contribution in [0.2, 0.25) is 0 Å². The van der Waals surface area contributed by atoms with Crippen LogP contribution >= 0.6 is 23.1 Å². The molecular weight excluding hydrogens is 338 g/mol. The number of rotatable bonds is 6. The van der Waals surface area contributed by atoms with E-state index in [1.165, 1.54) is 11.8 Å². The molecule has 0 N–H and O–H groups in total. The van der Waals surface area contributed by atoms with E-state index in [-0.39, 0.29) is 11.2 Å². The average molecular weight is 358 g/mol. The van der Waals surface area contributed by atoms with Crippen molar-refractivity contribution >= 4 is 39.2 Å². The Bertz CT molecular complexity index is 815. The number of carbonyl (C=O) groups is 1. The van der Waals surface area contributed by atoms with Gasteiger partial charge >= 0.3 is 0 Å². The number of fused-ring (bicyclic) bond motifs is 1. The number of thiophene rings is 1. The molecule has 0 saturated carbocycles. The molecule has 4 nitrogen and oxygen atoms in total. The van der Waals surface area contributed by atoms with Gasteiger partial charge < -0.3 is 4.90 Å². The second kappa shape index (κ2) is 7.77. The minimum atomic E-state index is -0.300. The zero-order chi connectivity index (χ0) is 16.9. The molecule has 1 amide bonds. The van der Waals surface area contributed by atoms with E-state index in [4.69, 9.17) is 0 Å². The van der Waals surface area contributed by atoms with Gasteiger partial charge in [-0.05, 0) is 30.9 Å². The lowest BCUT2D eigenvalue weighted by atomic mass is 10.1. The number of likely N-dealkylation sites (N-methyl/N-ethyl adjacent to an activating group) is 1. The number of amides is 1. The van der Waals surface area contributed by atoms with Crippen LogP contribution < -0.4 is 0 Å². The Morgan fingerprint density at radius 3 is 2.62 bits per heavy atom. The highest BCUT2D eigenvalue weighted by Gasteiger charge is 2.27. The second-order valence-corrected chi connectivity index (χ2v) is 7.24. The van der Waals surface area contributed by atoms with Crippen molar-refractivity contribution in [2.75, 3.05) is 13.1 Å². The Morgan fingerprint density at radius 1 is 1.17 bits per heavy atom. The summed E-state index contributed by atoms with van der Waals surface area (Å²) in [6.07, 6.45) is 1.57. The van der Waals surface area contributed by atoms with Crippen LogP contribution in [-0.2, 0) is 4.79 Å². The van der Waals surface area contributed by atoms with Crippen LogP contribution in [0.5, 0.6) is 0 Å². The number of benzene rings is 1. The SMILES string of the molecule is CCN(CC)C(=O)C(Sc1ncnc2ccsc12)c1ccccc1. The first-order valence-electron chi connectivity index (χ1n) is 7.93. The number of hydrogen-bond donors (Lipinski definition) is 0. The summed E-state index contributed by atoms with van der Waals surface area (Å²) in [5.74, 6) is 0.125. The lowest BCUT2D eigenvalue weighted by Gasteiger charge is -2.25. The quantitative estimate of drug-likeness (QED) is 0.485. The maximum atomic E-state index is 13.0. The lowest BCUT2D eigenvalue weighted by Crippen LogP contribution is -2.33. The summed E-state index contributed by atoms with van der Waals surface area (Å²) in [5, 5.41) is 2.57. The molecule has 0 aliphatic rings. The fourth-order valence-corrected chi connectivity index (χ4v) is 4.65. The molecule has 0 radical (unpaired) electrons. The van der Waals surface area contributed by atoms with Crippen LogP contribution in [0.15, 0.2) is 53.1 Å². The molecule has 3 aromatic rings. The molecule has 1 atom stereocenters. The van der Waals surface area contributed by atoms with Gasteiger partial charge in [-0.2, -0.15) is 0 Å². The van der Waals surface area contributed by atoms with Crippen molar-refractivity contribution < 1.29 is 4.79 Å². The molecular formula is C18H19N3OS2. The zero-order valence-corrected chi connectivity index (χ0v) is 15.3. The molecule has 24 heavy (non-hydrogen) atoms. The van der Waals surface area contributed by atoms with E-state index in [1.807, 2.05) is 60.5 Å². The van der Waals surface area contributed by atoms with Gasteiger partial charge in [-0.25, -0.2) is 9.97 Å². The monoisotopic (exact) mass is 357 g/mol. The van der Waals surface area contributed by atoms with Crippen LogP contribution in [0, 0.1) is 0 Å². The summed E-state index contributed by atoms with van der Waals surface area (Å²) in [5.41, 5.74) is 1.93. The standard InChI is InChI=1S/C18H19N3OS2/c1-3-21(4-2)18(22)15(13-8-6-5-7-9-13)24-17-16-14(10-11-23-16)19-12-20-17/h5-12,15H,3-4H2,1-2H3. The highest BCUT2D eigenvalue weighted by Crippen LogP contribution is 2.39. The fraction of sp³-hybridized carbons (Fsp3) is 0.278. The van der Waals surface area contributed by atoms with Crippen molar-refractivity contribution in [3.63, 3.8) is 0 Å². The maximum absolute atomic E-state index is 13.0. The third kappa shape index (κ3) is 3.44. The van der Waals surface area contributed by atoms with E-state index in [2.05, 4.69) is 9.97 Å². The van der Waals surface area contributed by atoms with E-state index >= 15 is 0 Å². The molecule has 3 rings (SSSR count). The molecule has 0 spiro atoms. The number of thioether (sulfide) groups is 1. The number of hydrogen-bond acceptors (Lipinski definition) is 5. The van der Waals surface area contributed by atoms with Crippen molar-refractivity contribution in [1.29, 1.82) is 0 Å². The highest BCUT2D eigenvalue weighted by molar-refractivity contribution is 8.00. The van der Waals surface area contributed by atoms with Crippen LogP contribution in [0.25, 0.3) is 10.2 Å². The first-order chi connectivity index (χ1) is 11.7. The summed E-state index contributed by atoms with van der Waals surface area (Å²) in [6, 6.07) is 11.9. The van der Waals surface area contributed by atoms with Gasteiger partial charge in [0.15, 0.2) is 0 Å². The summed E-state index contributed by atoms with van der Waals surface area (Å²) >= 11 is 3.12. The lowest BCUT2D eigenvalue weighted by molar-refractivity contribution is -0.130. The van der Waals surface area contributed by atoms with Crippen LogP contribution in [0.3, 0.4) is 0 Å². The largest absolute Gasteiger partial charge is 0.342 e. The summed E-state index contributed by atoms with van der Waals surface area (Å²) in [7, 11) is 0. The predicted octanol–water partition coefficient (Wildman–Crippen LogP) is 4.39. The molecule has 1 unspecified atom stereocenters. The molecule has 1 aromatic carbocycles. The zero-order valence-electron chi connectivity index (χ0n) is 13.7. The average Bonchev–Trinajstić information content (AvgIpc) is 3.11. The van der Waals surface area contributed by atoms with E-state index < -0.39 is 0 Å². The smallest absolute Gasteiger partial charge is 0.240 e. The van der Waals surface area contributed by atoms with E-state index in [0.29, 0.717) is 13.1 Å². The Kier molecular flexibility index (Phi) is 5.48. The molecule has 6 heteroatoms. The maximum Gasteiger partial charge on any atom is 0.240 e. The molecule has 0 saturated heterocycles. The van der Waals surface area contributed by atoms with Crippen LogP contribution in [-0.4, -0.2) is 33.9 Å². The van der Waals surface area contributed by atoms with E-state index in [9.17, 15) is 4.79 Å².